The molecule has 0 saturated heterocycles. The van der Waals surface area contributed by atoms with E-state index in [2.05, 4.69) is 5.32 Å². The molecule has 0 aliphatic heterocycles. The topological polar surface area (TPSA) is 82.8 Å². The summed E-state index contributed by atoms with van der Waals surface area (Å²) in [5.41, 5.74) is 7.32. The van der Waals surface area contributed by atoms with E-state index >= 15 is 0 Å². The highest BCUT2D eigenvalue weighted by Crippen LogP contribution is 2.30. The van der Waals surface area contributed by atoms with Crippen LogP contribution in [0.25, 0.3) is 0 Å². The zero-order valence-electron chi connectivity index (χ0n) is 14.1. The number of rotatable bonds is 7. The van der Waals surface area contributed by atoms with Gasteiger partial charge in [-0.15, -0.1) is 0 Å². The van der Waals surface area contributed by atoms with Gasteiger partial charge in [-0.3, -0.25) is 4.79 Å². The van der Waals surface area contributed by atoms with Gasteiger partial charge < -0.3 is 25.3 Å². The number of carbonyl (C=O) groups excluding carboxylic acids is 1. The van der Waals surface area contributed by atoms with Gasteiger partial charge in [-0.2, -0.15) is 0 Å². The molecular weight excluding hydrogens is 308 g/mol. The summed E-state index contributed by atoms with van der Waals surface area (Å²) in [7, 11) is 3.10. The van der Waals surface area contributed by atoms with Gasteiger partial charge in [0.05, 0.1) is 32.2 Å². The van der Waals surface area contributed by atoms with Crippen molar-refractivity contribution in [2.75, 3.05) is 31.9 Å². The van der Waals surface area contributed by atoms with Crippen molar-refractivity contribution in [2.45, 2.75) is 13.3 Å². The van der Waals surface area contributed by atoms with Crippen molar-refractivity contribution in [2.24, 2.45) is 0 Å². The van der Waals surface area contributed by atoms with Gasteiger partial charge in [0.2, 0.25) is 0 Å². The fourth-order valence-electron chi connectivity index (χ4n) is 2.14. The molecule has 0 unspecified atom stereocenters. The number of nitrogen functional groups attached to an aromatic ring is 1. The minimum Gasteiger partial charge on any atom is -0.497 e. The van der Waals surface area contributed by atoms with Crippen molar-refractivity contribution in [3.05, 3.63) is 42.0 Å². The average Bonchev–Trinajstić information content (AvgIpc) is 2.60. The van der Waals surface area contributed by atoms with Crippen LogP contribution in [0, 0.1) is 0 Å². The highest BCUT2D eigenvalue weighted by atomic mass is 16.5. The Morgan fingerprint density at radius 1 is 1.08 bits per heavy atom. The standard InChI is InChI=1S/C18H22N2O4/c1-4-9-24-16-7-5-12(10-14(16)19)18(21)20-15-11-13(22-2)6-8-17(15)23-3/h5-8,10-11H,4,9,19H2,1-3H3,(H,20,21). The van der Waals surface area contributed by atoms with Crippen LogP contribution in [0.1, 0.15) is 23.7 Å². The summed E-state index contributed by atoms with van der Waals surface area (Å²) in [4.78, 5) is 12.5. The Balaban J connectivity index is 2.19. The Bertz CT molecular complexity index is 716. The Morgan fingerprint density at radius 3 is 2.46 bits per heavy atom. The third-order valence-corrected chi connectivity index (χ3v) is 3.39. The van der Waals surface area contributed by atoms with Gasteiger partial charge in [-0.05, 0) is 36.8 Å². The molecule has 0 saturated carbocycles. The van der Waals surface area contributed by atoms with Crippen molar-refractivity contribution in [3.63, 3.8) is 0 Å². The van der Waals surface area contributed by atoms with Crippen LogP contribution < -0.4 is 25.3 Å². The number of hydrogen-bond acceptors (Lipinski definition) is 5. The third kappa shape index (κ3) is 4.10. The molecule has 0 fully saturated rings. The van der Waals surface area contributed by atoms with Crippen LogP contribution in [-0.4, -0.2) is 26.7 Å². The molecular formula is C18H22N2O4. The van der Waals surface area contributed by atoms with Gasteiger partial charge in [0.1, 0.15) is 17.2 Å². The number of hydrogen-bond donors (Lipinski definition) is 2. The number of benzene rings is 2. The Hall–Kier alpha value is -2.89. The molecule has 0 atom stereocenters. The highest BCUT2D eigenvalue weighted by molar-refractivity contribution is 6.05. The summed E-state index contributed by atoms with van der Waals surface area (Å²) in [6.07, 6.45) is 0.886. The molecule has 2 rings (SSSR count). The molecule has 0 heterocycles. The zero-order chi connectivity index (χ0) is 17.5. The second kappa shape index (κ2) is 8.10. The van der Waals surface area contributed by atoms with Crippen LogP contribution >= 0.6 is 0 Å². The van der Waals surface area contributed by atoms with Gasteiger partial charge >= 0.3 is 0 Å². The van der Waals surface area contributed by atoms with Crippen LogP contribution in [0.3, 0.4) is 0 Å². The van der Waals surface area contributed by atoms with E-state index in [-0.39, 0.29) is 5.91 Å². The van der Waals surface area contributed by atoms with Crippen LogP contribution in [-0.2, 0) is 0 Å². The van der Waals surface area contributed by atoms with E-state index in [0.717, 1.165) is 6.42 Å². The first-order valence-corrected chi connectivity index (χ1v) is 7.64. The van der Waals surface area contributed by atoms with E-state index in [1.807, 2.05) is 6.92 Å². The van der Waals surface area contributed by atoms with Gasteiger partial charge in [0.15, 0.2) is 0 Å². The molecule has 3 N–H and O–H groups in total. The molecule has 0 aliphatic carbocycles. The fraction of sp³-hybridized carbons (Fsp3) is 0.278. The number of amides is 1. The third-order valence-electron chi connectivity index (χ3n) is 3.39. The summed E-state index contributed by atoms with van der Waals surface area (Å²) in [6.45, 7) is 2.59. The first-order valence-electron chi connectivity index (χ1n) is 7.64. The van der Waals surface area contributed by atoms with Crippen molar-refractivity contribution in [1.82, 2.24) is 0 Å². The van der Waals surface area contributed by atoms with E-state index in [1.165, 1.54) is 7.11 Å². The summed E-state index contributed by atoms with van der Waals surface area (Å²) in [5.74, 6) is 1.44. The number of ether oxygens (including phenoxy) is 3. The van der Waals surface area contributed by atoms with Gasteiger partial charge in [0.25, 0.3) is 5.91 Å². The monoisotopic (exact) mass is 330 g/mol. The molecule has 128 valence electrons. The molecule has 0 spiro atoms. The van der Waals surface area contributed by atoms with E-state index in [1.54, 1.807) is 43.5 Å². The number of carbonyl (C=O) groups is 1. The summed E-state index contributed by atoms with van der Waals surface area (Å²) in [5, 5.41) is 2.80. The second-order valence-corrected chi connectivity index (χ2v) is 5.12. The second-order valence-electron chi connectivity index (χ2n) is 5.12. The molecule has 6 nitrogen and oxygen atoms in total. The largest absolute Gasteiger partial charge is 0.497 e. The molecule has 0 bridgehead atoms. The number of nitrogens with two attached hydrogens (primary N) is 1. The molecule has 0 aromatic heterocycles. The van der Waals surface area contributed by atoms with E-state index < -0.39 is 0 Å². The number of methoxy groups -OCH3 is 2. The zero-order valence-corrected chi connectivity index (χ0v) is 14.1. The minimum atomic E-state index is -0.296. The minimum absolute atomic E-state index is 0.296. The lowest BCUT2D eigenvalue weighted by molar-refractivity contribution is 0.102. The van der Waals surface area contributed by atoms with Gasteiger partial charge in [0, 0.05) is 11.6 Å². The Kier molecular flexibility index (Phi) is 5.89. The van der Waals surface area contributed by atoms with Crippen LogP contribution in [0.4, 0.5) is 11.4 Å². The predicted molar refractivity (Wildman–Crippen MR) is 94.1 cm³/mol. The molecule has 0 radical (unpaired) electrons. The van der Waals surface area contributed by atoms with Crippen molar-refractivity contribution >= 4 is 17.3 Å². The number of anilines is 2. The highest BCUT2D eigenvalue weighted by Gasteiger charge is 2.13. The average molecular weight is 330 g/mol. The lowest BCUT2D eigenvalue weighted by atomic mass is 10.1. The molecule has 2 aromatic rings. The van der Waals surface area contributed by atoms with E-state index in [4.69, 9.17) is 19.9 Å². The molecule has 24 heavy (non-hydrogen) atoms. The van der Waals surface area contributed by atoms with E-state index in [0.29, 0.717) is 40.8 Å². The SMILES string of the molecule is CCCOc1ccc(C(=O)Nc2cc(OC)ccc2OC)cc1N. The van der Waals surface area contributed by atoms with Crippen molar-refractivity contribution in [1.29, 1.82) is 0 Å². The summed E-state index contributed by atoms with van der Waals surface area (Å²) >= 11 is 0. The lowest BCUT2D eigenvalue weighted by Gasteiger charge is -2.13. The quantitative estimate of drug-likeness (QED) is 0.761. The molecule has 2 aromatic carbocycles. The van der Waals surface area contributed by atoms with Gasteiger partial charge in [-0.25, -0.2) is 0 Å². The fourth-order valence-corrected chi connectivity index (χ4v) is 2.14. The van der Waals surface area contributed by atoms with Crippen molar-refractivity contribution in [3.8, 4) is 17.2 Å². The first-order chi connectivity index (χ1) is 11.6. The normalized spacial score (nSPS) is 10.1. The van der Waals surface area contributed by atoms with Crippen LogP contribution in [0.15, 0.2) is 36.4 Å². The van der Waals surface area contributed by atoms with Crippen LogP contribution in [0.2, 0.25) is 0 Å². The summed E-state index contributed by atoms with van der Waals surface area (Å²) in [6, 6.07) is 10.1. The molecule has 1 amide bonds. The van der Waals surface area contributed by atoms with Crippen LogP contribution in [0.5, 0.6) is 17.2 Å². The predicted octanol–water partition coefficient (Wildman–Crippen LogP) is 3.33. The lowest BCUT2D eigenvalue weighted by Crippen LogP contribution is -2.13. The summed E-state index contributed by atoms with van der Waals surface area (Å²) < 4.78 is 15.9. The van der Waals surface area contributed by atoms with Gasteiger partial charge in [-0.1, -0.05) is 6.92 Å². The van der Waals surface area contributed by atoms with E-state index in [9.17, 15) is 4.79 Å². The maximum absolute atomic E-state index is 12.5. The maximum Gasteiger partial charge on any atom is 0.255 e. The molecule has 6 heteroatoms. The molecule has 0 aliphatic rings. The number of nitrogens with one attached hydrogen (secondary N) is 1. The maximum atomic E-state index is 12.5. The smallest absolute Gasteiger partial charge is 0.255 e. The Labute approximate surface area is 141 Å². The Morgan fingerprint density at radius 2 is 1.83 bits per heavy atom. The first kappa shape index (κ1) is 17.5. The van der Waals surface area contributed by atoms with Crippen molar-refractivity contribution < 1.29 is 19.0 Å².